The molecule has 1 amide bonds. The van der Waals surface area contributed by atoms with Gasteiger partial charge < -0.3 is 9.80 Å². The van der Waals surface area contributed by atoms with E-state index in [1.807, 2.05) is 61.3 Å². The maximum Gasteiger partial charge on any atom is 0.257 e. The van der Waals surface area contributed by atoms with E-state index in [1.54, 1.807) is 6.20 Å². The van der Waals surface area contributed by atoms with Crippen LogP contribution in [0.15, 0.2) is 36.7 Å². The normalized spacial score (nSPS) is 16.5. The van der Waals surface area contributed by atoms with E-state index in [1.165, 1.54) is 0 Å². The highest BCUT2D eigenvalue weighted by Gasteiger charge is 2.29. The molecular formula is C22H25ClN6O. The van der Waals surface area contributed by atoms with Gasteiger partial charge in [0.05, 0.1) is 17.5 Å². The molecule has 1 aliphatic heterocycles. The van der Waals surface area contributed by atoms with Crippen LogP contribution in [0.25, 0.3) is 11.1 Å². The molecule has 8 heteroatoms. The molecule has 1 aliphatic rings. The zero-order valence-corrected chi connectivity index (χ0v) is 18.1. The lowest BCUT2D eigenvalue weighted by atomic mass is 9.89. The van der Waals surface area contributed by atoms with Crippen LogP contribution in [-0.4, -0.2) is 58.2 Å². The minimum Gasteiger partial charge on any atom is -0.347 e. The summed E-state index contributed by atoms with van der Waals surface area (Å²) in [7, 11) is 3.86. The van der Waals surface area contributed by atoms with Crippen molar-refractivity contribution in [3.63, 3.8) is 0 Å². The van der Waals surface area contributed by atoms with Gasteiger partial charge in [0.15, 0.2) is 0 Å². The number of amides is 1. The Bertz CT molecular complexity index is 1050. The van der Waals surface area contributed by atoms with Crippen molar-refractivity contribution in [2.24, 2.45) is 0 Å². The quantitative estimate of drug-likeness (QED) is 0.686. The zero-order valence-electron chi connectivity index (χ0n) is 17.4. The lowest BCUT2D eigenvalue weighted by Crippen LogP contribution is -2.39. The van der Waals surface area contributed by atoms with Crippen LogP contribution >= 0.6 is 11.6 Å². The van der Waals surface area contributed by atoms with Gasteiger partial charge in [-0.05, 0) is 37.5 Å². The van der Waals surface area contributed by atoms with E-state index in [0.29, 0.717) is 23.1 Å². The number of carbonyl (C=O) groups excluding carboxylic acids is 1. The van der Waals surface area contributed by atoms with Gasteiger partial charge in [-0.25, -0.2) is 9.97 Å². The van der Waals surface area contributed by atoms with Crippen molar-refractivity contribution in [2.45, 2.75) is 25.7 Å². The third-order valence-electron chi connectivity index (χ3n) is 5.52. The minimum absolute atomic E-state index is 0.0147. The second-order valence-corrected chi connectivity index (χ2v) is 8.31. The second kappa shape index (κ2) is 8.44. The summed E-state index contributed by atoms with van der Waals surface area (Å²) in [5.74, 6) is 0.806. The Morgan fingerprint density at radius 2 is 2.00 bits per heavy atom. The predicted molar refractivity (Wildman–Crippen MR) is 118 cm³/mol. The maximum absolute atomic E-state index is 13.0. The molecular weight excluding hydrogens is 400 g/mol. The van der Waals surface area contributed by atoms with Crippen LogP contribution in [0.2, 0.25) is 5.02 Å². The van der Waals surface area contributed by atoms with Gasteiger partial charge in [-0.2, -0.15) is 5.10 Å². The molecule has 3 aromatic rings. The van der Waals surface area contributed by atoms with Crippen LogP contribution < -0.4 is 4.90 Å². The molecule has 0 radical (unpaired) electrons. The van der Waals surface area contributed by atoms with Crippen LogP contribution in [0.3, 0.4) is 0 Å². The Hall–Kier alpha value is -2.93. The Labute approximate surface area is 181 Å². The number of aryl methyl sites for hydroxylation is 1. The van der Waals surface area contributed by atoms with E-state index in [9.17, 15) is 4.79 Å². The van der Waals surface area contributed by atoms with Gasteiger partial charge in [-0.15, -0.1) is 0 Å². The fourth-order valence-corrected chi connectivity index (χ4v) is 4.01. The highest BCUT2D eigenvalue weighted by molar-refractivity contribution is 6.30. The summed E-state index contributed by atoms with van der Waals surface area (Å²) < 4.78 is 0. The molecule has 1 atom stereocenters. The maximum atomic E-state index is 13.0. The van der Waals surface area contributed by atoms with Crippen LogP contribution in [-0.2, 0) is 0 Å². The van der Waals surface area contributed by atoms with Crippen molar-refractivity contribution >= 4 is 23.5 Å². The number of nitrogens with one attached hydrogen (secondary N) is 1. The number of benzene rings is 1. The topological polar surface area (TPSA) is 78.0 Å². The largest absolute Gasteiger partial charge is 0.347 e. The average Bonchev–Trinajstić information content (AvgIpc) is 3.19. The van der Waals surface area contributed by atoms with Crippen LogP contribution in [0.4, 0.5) is 5.95 Å². The summed E-state index contributed by atoms with van der Waals surface area (Å²) in [6, 6.07) is 7.72. The molecule has 1 unspecified atom stereocenters. The number of aromatic amines is 1. The number of hydrogen-bond acceptors (Lipinski definition) is 5. The summed E-state index contributed by atoms with van der Waals surface area (Å²) in [5.41, 5.74) is 4.40. The molecule has 2 aromatic heterocycles. The third kappa shape index (κ3) is 4.03. The molecule has 1 aromatic carbocycles. The number of halogens is 1. The van der Waals surface area contributed by atoms with E-state index in [4.69, 9.17) is 16.6 Å². The van der Waals surface area contributed by atoms with Crippen molar-refractivity contribution in [3.05, 3.63) is 58.6 Å². The predicted octanol–water partition coefficient (Wildman–Crippen LogP) is 3.91. The first kappa shape index (κ1) is 20.3. The molecule has 0 saturated carbocycles. The van der Waals surface area contributed by atoms with Gasteiger partial charge in [-0.3, -0.25) is 9.89 Å². The molecule has 4 rings (SSSR count). The summed E-state index contributed by atoms with van der Waals surface area (Å²) in [5, 5.41) is 7.54. The molecule has 7 nitrogen and oxygen atoms in total. The van der Waals surface area contributed by atoms with Gasteiger partial charge in [0.2, 0.25) is 5.95 Å². The molecule has 156 valence electrons. The molecule has 0 spiro atoms. The Morgan fingerprint density at radius 1 is 1.23 bits per heavy atom. The molecule has 0 bridgehead atoms. The second-order valence-electron chi connectivity index (χ2n) is 7.87. The van der Waals surface area contributed by atoms with E-state index >= 15 is 0 Å². The summed E-state index contributed by atoms with van der Waals surface area (Å²) in [6.45, 7) is 3.23. The van der Waals surface area contributed by atoms with Gasteiger partial charge in [-0.1, -0.05) is 23.7 Å². The summed E-state index contributed by atoms with van der Waals surface area (Å²) in [4.78, 5) is 26.3. The molecule has 0 aliphatic carbocycles. The first-order valence-corrected chi connectivity index (χ1v) is 10.4. The van der Waals surface area contributed by atoms with Gasteiger partial charge >= 0.3 is 0 Å². The Morgan fingerprint density at radius 3 is 2.67 bits per heavy atom. The van der Waals surface area contributed by atoms with Crippen LogP contribution in [0.5, 0.6) is 0 Å². The van der Waals surface area contributed by atoms with Crippen molar-refractivity contribution < 1.29 is 4.79 Å². The van der Waals surface area contributed by atoms with Crippen molar-refractivity contribution in [3.8, 4) is 11.1 Å². The first-order chi connectivity index (χ1) is 14.4. The van der Waals surface area contributed by atoms with Crippen LogP contribution in [0, 0.1) is 6.92 Å². The molecule has 30 heavy (non-hydrogen) atoms. The number of piperidine rings is 1. The fraction of sp³-hybridized carbons (Fsp3) is 0.364. The highest BCUT2D eigenvalue weighted by atomic mass is 35.5. The number of H-pyrrole nitrogens is 1. The number of aromatic nitrogens is 4. The van der Waals surface area contributed by atoms with E-state index in [-0.39, 0.29) is 11.8 Å². The molecule has 1 N–H and O–H groups in total. The number of likely N-dealkylation sites (tertiary alicyclic amines) is 1. The zero-order chi connectivity index (χ0) is 21.3. The van der Waals surface area contributed by atoms with Crippen molar-refractivity contribution in [1.82, 2.24) is 25.1 Å². The Kier molecular flexibility index (Phi) is 5.72. The number of carbonyl (C=O) groups is 1. The van der Waals surface area contributed by atoms with Crippen molar-refractivity contribution in [1.29, 1.82) is 0 Å². The van der Waals surface area contributed by atoms with Gasteiger partial charge in [0.1, 0.15) is 0 Å². The summed E-state index contributed by atoms with van der Waals surface area (Å²) >= 11 is 6.08. The first-order valence-electron chi connectivity index (χ1n) is 10.0. The van der Waals surface area contributed by atoms with Gasteiger partial charge in [0.25, 0.3) is 5.91 Å². The SMILES string of the molecule is Cc1[nH]ncc1C(=O)N1CCCC(c2nc(N(C)C)ncc2-c2ccc(Cl)cc2)C1. The number of hydrogen-bond donors (Lipinski definition) is 1. The van der Waals surface area contributed by atoms with Crippen LogP contribution in [0.1, 0.15) is 40.5 Å². The molecule has 3 heterocycles. The van der Waals surface area contributed by atoms with Crippen molar-refractivity contribution in [2.75, 3.05) is 32.1 Å². The van der Waals surface area contributed by atoms with E-state index in [2.05, 4.69) is 15.2 Å². The smallest absolute Gasteiger partial charge is 0.257 e. The average molecular weight is 425 g/mol. The fourth-order valence-electron chi connectivity index (χ4n) is 3.89. The third-order valence-corrected chi connectivity index (χ3v) is 5.77. The lowest BCUT2D eigenvalue weighted by Gasteiger charge is -2.33. The van der Waals surface area contributed by atoms with Gasteiger partial charge in [0, 0.05) is 55.6 Å². The minimum atomic E-state index is 0.0147. The number of nitrogens with zero attached hydrogens (tertiary/aromatic N) is 5. The molecule has 1 fully saturated rings. The monoisotopic (exact) mass is 424 g/mol. The van der Waals surface area contributed by atoms with E-state index in [0.717, 1.165) is 41.9 Å². The summed E-state index contributed by atoms with van der Waals surface area (Å²) in [6.07, 6.45) is 5.38. The number of rotatable bonds is 4. The standard InChI is InChI=1S/C22H25ClN6O/c1-14-18(12-25-27-14)21(30)29-10-4-5-16(13-29)20-19(11-24-22(26-20)28(2)3)15-6-8-17(23)9-7-15/h6-9,11-12,16H,4-5,10,13H2,1-3H3,(H,25,27). The van der Waals surface area contributed by atoms with E-state index < -0.39 is 0 Å². The lowest BCUT2D eigenvalue weighted by molar-refractivity contribution is 0.0705. The number of anilines is 1. The molecule has 1 saturated heterocycles. The Balaban J connectivity index is 1.69. The highest BCUT2D eigenvalue weighted by Crippen LogP contribution is 2.34.